The summed E-state index contributed by atoms with van der Waals surface area (Å²) in [6.45, 7) is 5.69. The maximum atomic E-state index is 10.6. The molecule has 0 aliphatic heterocycles. The first-order valence-corrected chi connectivity index (χ1v) is 8.13. The van der Waals surface area contributed by atoms with Crippen LogP contribution in [0.2, 0.25) is 0 Å². The molecule has 0 heterocycles. The molecule has 0 saturated carbocycles. The predicted octanol–water partition coefficient (Wildman–Crippen LogP) is -0.0689. The molecule has 0 rings (SSSR count). The van der Waals surface area contributed by atoms with Crippen LogP contribution in [-0.2, 0) is 39.0 Å². The minimum absolute atomic E-state index is 0.0787. The fourth-order valence-electron chi connectivity index (χ4n) is 1.51. The Hall–Kier alpha value is -1.51. The summed E-state index contributed by atoms with van der Waals surface area (Å²) >= 11 is 2.00. The predicted molar refractivity (Wildman–Crippen MR) is 87.1 cm³/mol. The van der Waals surface area contributed by atoms with Crippen LogP contribution >= 0.6 is 0 Å². The number of hydrogen-bond donors (Lipinski definition) is 2. The van der Waals surface area contributed by atoms with Gasteiger partial charge in [0.25, 0.3) is 0 Å². The average molecular weight is 506 g/mol. The number of likely N-dealkylation sites (N-methyl/N-ethyl adjacent to an activating group) is 2. The van der Waals surface area contributed by atoms with Crippen LogP contribution in [0.1, 0.15) is 27.7 Å². The summed E-state index contributed by atoms with van der Waals surface area (Å²) in [5, 5.41) is 3.23. The minimum atomic E-state index is -6.00. The molecule has 0 saturated heterocycles. The molecule has 4 N–H and O–H groups in total. The monoisotopic (exact) mass is 506 g/mol. The van der Waals surface area contributed by atoms with Crippen molar-refractivity contribution in [3.05, 3.63) is 0 Å². The number of Topliss-reactive ketones (excluding diaryl/α,β-unsaturated/α-hetero) is 4. The Morgan fingerprint density at radius 3 is 0.667 bits per heavy atom. The van der Waals surface area contributed by atoms with E-state index in [2.05, 4.69) is 0 Å². The summed E-state index contributed by atoms with van der Waals surface area (Å²) in [7, 11) is -8.57. The third-order valence-electron chi connectivity index (χ3n) is 2.42. The van der Waals surface area contributed by atoms with E-state index in [1.807, 2.05) is 15.9 Å². The summed E-state index contributed by atoms with van der Waals surface area (Å²) in [4.78, 5) is 42.3. The van der Waals surface area contributed by atoms with Gasteiger partial charge in [0.05, 0.1) is 14.1 Å². The molecule has 30 heavy (non-hydrogen) atoms. The van der Waals surface area contributed by atoms with E-state index in [0.29, 0.717) is 0 Å². The third kappa shape index (κ3) is 50.3. The molecular formula is C12H24B2F8FeN2O5. The fourth-order valence-corrected chi connectivity index (χ4v) is 1.51. The number of carbonyl (C=O) groups excluding carboxylic acids is 4. The van der Waals surface area contributed by atoms with Gasteiger partial charge in [0, 0.05) is 27.7 Å². The van der Waals surface area contributed by atoms with Crippen LogP contribution in [0.5, 0.6) is 0 Å². The van der Waals surface area contributed by atoms with Crippen molar-refractivity contribution in [1.82, 2.24) is 0 Å². The number of hydrogen-bond acceptors (Lipinski definition) is 5. The van der Waals surface area contributed by atoms with Crippen LogP contribution in [0.4, 0.5) is 34.5 Å². The molecule has 0 aromatic heterocycles. The summed E-state index contributed by atoms with van der Waals surface area (Å²) in [6.07, 6.45) is 0. The van der Waals surface area contributed by atoms with E-state index in [1.165, 1.54) is 27.7 Å². The van der Waals surface area contributed by atoms with Crippen molar-refractivity contribution in [2.75, 3.05) is 14.1 Å². The van der Waals surface area contributed by atoms with E-state index in [4.69, 9.17) is 3.83 Å². The molecule has 0 aromatic carbocycles. The zero-order valence-electron chi connectivity index (χ0n) is 16.9. The van der Waals surface area contributed by atoms with E-state index >= 15 is 0 Å². The first-order valence-electron chi connectivity index (χ1n) is 7.68. The zero-order valence-corrected chi connectivity index (χ0v) is 18.0. The van der Waals surface area contributed by atoms with Gasteiger partial charge in [-0.2, -0.15) is 0 Å². The number of halogens is 8. The fraction of sp³-hybridized carbons (Fsp3) is 0.667. The molecule has 0 bridgehead atoms. The third-order valence-corrected chi connectivity index (χ3v) is 2.42. The van der Waals surface area contributed by atoms with Gasteiger partial charge in [-0.3, -0.25) is 19.2 Å². The Morgan fingerprint density at radius 2 is 0.667 bits per heavy atom. The van der Waals surface area contributed by atoms with Crippen molar-refractivity contribution in [3.8, 4) is 0 Å². The number of carbonyl (C=O) groups is 4. The average Bonchev–Trinajstić information content (AvgIpc) is 2.46. The van der Waals surface area contributed by atoms with Gasteiger partial charge >= 0.3 is 34.3 Å². The number of ketones is 4. The summed E-state index contributed by atoms with van der Waals surface area (Å²) in [5.74, 6) is -0.315. The zero-order chi connectivity index (χ0) is 25.9. The van der Waals surface area contributed by atoms with Crippen molar-refractivity contribution in [2.24, 2.45) is 0 Å². The Morgan fingerprint density at radius 1 is 0.567 bits per heavy atom. The number of rotatable bonds is 6. The second-order valence-corrected chi connectivity index (χ2v) is 5.05. The van der Waals surface area contributed by atoms with Crippen LogP contribution in [0.15, 0.2) is 0 Å². The Kier molecular flexibility index (Phi) is 27.0. The molecule has 0 aliphatic carbocycles. The summed E-state index contributed by atoms with van der Waals surface area (Å²) in [6, 6.07) is -0.963. The van der Waals surface area contributed by atoms with Gasteiger partial charge in [0.15, 0.2) is 23.1 Å². The van der Waals surface area contributed by atoms with E-state index in [0.717, 1.165) is 0 Å². The Bertz CT molecular complexity index is 440. The van der Waals surface area contributed by atoms with Gasteiger partial charge in [0.2, 0.25) is 12.1 Å². The molecule has 7 nitrogen and oxygen atoms in total. The van der Waals surface area contributed by atoms with E-state index in [9.17, 15) is 53.7 Å². The molecule has 0 radical (unpaired) electrons. The van der Waals surface area contributed by atoms with Crippen LogP contribution in [0, 0.1) is 0 Å². The number of quaternary nitrogens is 2. The first-order chi connectivity index (χ1) is 13.2. The Balaban J connectivity index is -0.0000000931. The second kappa shape index (κ2) is 20.7. The second-order valence-electron chi connectivity index (χ2n) is 5.05. The topological polar surface area (TPSA) is 119 Å². The van der Waals surface area contributed by atoms with Crippen molar-refractivity contribution >= 4 is 37.6 Å². The normalized spacial score (nSPS) is 10.0. The van der Waals surface area contributed by atoms with E-state index in [-0.39, 0.29) is 23.1 Å². The van der Waals surface area contributed by atoms with Crippen LogP contribution in [-0.4, -0.2) is 63.8 Å². The standard InChI is InChI=1S/2C6H11NO2.2BF4.Fe.O/c2*1-4(8)6(7-3)5(2)9;2*2-1(3,4)5;;/h2*6-7H,1-3H3;;;;/q;;2*-1;;/p+2. The van der Waals surface area contributed by atoms with E-state index in [1.54, 1.807) is 24.7 Å². The molecule has 0 unspecified atom stereocenters. The van der Waals surface area contributed by atoms with Gasteiger partial charge in [-0.25, -0.2) is 0 Å². The van der Waals surface area contributed by atoms with Gasteiger partial charge in [-0.1, -0.05) is 0 Å². The van der Waals surface area contributed by atoms with Gasteiger partial charge in [-0.15, -0.1) is 0 Å². The molecule has 0 spiro atoms. The maximum absolute atomic E-state index is 10.6. The van der Waals surface area contributed by atoms with Gasteiger partial charge in [-0.05, 0) is 0 Å². The molecular weight excluding hydrogens is 482 g/mol. The first kappa shape index (κ1) is 39.0. The van der Waals surface area contributed by atoms with Crippen molar-refractivity contribution in [3.63, 3.8) is 0 Å². The summed E-state index contributed by atoms with van der Waals surface area (Å²) in [5.41, 5.74) is 0. The summed E-state index contributed by atoms with van der Waals surface area (Å²) < 4.78 is 86.0. The van der Waals surface area contributed by atoms with Crippen molar-refractivity contribution in [1.29, 1.82) is 0 Å². The molecule has 0 fully saturated rings. The van der Waals surface area contributed by atoms with Crippen LogP contribution < -0.4 is 10.6 Å². The molecule has 0 aromatic rings. The van der Waals surface area contributed by atoms with Gasteiger partial charge in [0.1, 0.15) is 0 Å². The Labute approximate surface area is 176 Å². The SMILES string of the molecule is C[NH2+]C(C(C)=O)C(C)=O.C[NH2+]C(C(C)=O)C(C)=O.F[B-](F)(F)F.F[B-](F)(F)F.[O]=[Fe]. The molecule has 0 atom stereocenters. The molecule has 182 valence electrons. The van der Waals surface area contributed by atoms with Gasteiger partial charge < -0.3 is 45.2 Å². The molecule has 0 aliphatic rings. The van der Waals surface area contributed by atoms with Crippen LogP contribution in [0.25, 0.3) is 0 Å². The quantitative estimate of drug-likeness (QED) is 0.298. The van der Waals surface area contributed by atoms with Crippen molar-refractivity contribution in [2.45, 2.75) is 39.8 Å². The number of nitrogens with two attached hydrogens (primary N) is 2. The van der Waals surface area contributed by atoms with E-state index < -0.39 is 26.6 Å². The van der Waals surface area contributed by atoms with Crippen LogP contribution in [0.3, 0.4) is 0 Å². The van der Waals surface area contributed by atoms with Crippen molar-refractivity contribution < 1.29 is 84.1 Å². The molecule has 18 heteroatoms. The molecule has 0 amide bonds.